The predicted molar refractivity (Wildman–Crippen MR) is 111 cm³/mol. The number of fused-ring (bicyclic) bond motifs is 1. The fourth-order valence-corrected chi connectivity index (χ4v) is 5.13. The summed E-state index contributed by atoms with van der Waals surface area (Å²) in [5.74, 6) is 1.59. The Morgan fingerprint density at radius 3 is 2.86 bits per heavy atom. The Hall–Kier alpha value is -2.45. The number of likely N-dealkylation sites (tertiary alicyclic amines) is 1. The highest BCUT2D eigenvalue weighted by Gasteiger charge is 2.31. The summed E-state index contributed by atoms with van der Waals surface area (Å²) in [6.45, 7) is 2.54. The number of hydrogen-bond donors (Lipinski definition) is 1. The van der Waals surface area contributed by atoms with Gasteiger partial charge < -0.3 is 10.2 Å². The number of anilines is 2. The van der Waals surface area contributed by atoms with Crippen LogP contribution in [0.15, 0.2) is 51.9 Å². The second-order valence-electron chi connectivity index (χ2n) is 7.53. The molecule has 1 aromatic carbocycles. The van der Waals surface area contributed by atoms with Crippen molar-refractivity contribution in [1.82, 2.24) is 9.88 Å². The number of rotatable bonds is 4. The number of piperidine rings is 1. The number of aromatic nitrogens is 1. The molecule has 2 aliphatic heterocycles. The lowest BCUT2D eigenvalue weighted by Gasteiger charge is -2.35. The van der Waals surface area contributed by atoms with E-state index in [1.54, 1.807) is 24.4 Å². The fraction of sp³-hybridized carbons (Fsp3) is 0.400. The zero-order valence-corrected chi connectivity index (χ0v) is 17.0. The molecule has 0 spiro atoms. The van der Waals surface area contributed by atoms with E-state index in [4.69, 9.17) is 0 Å². The van der Waals surface area contributed by atoms with Gasteiger partial charge in [-0.05, 0) is 37.6 Å². The van der Waals surface area contributed by atoms with Gasteiger partial charge in [-0.15, -0.1) is 4.40 Å². The van der Waals surface area contributed by atoms with E-state index in [0.717, 1.165) is 38.3 Å². The molecule has 4 rings (SSSR count). The molecule has 1 saturated heterocycles. The van der Waals surface area contributed by atoms with Crippen LogP contribution in [0.2, 0.25) is 0 Å². The second-order valence-corrected chi connectivity index (χ2v) is 9.10. The van der Waals surface area contributed by atoms with Crippen molar-refractivity contribution in [2.24, 2.45) is 10.3 Å². The maximum absolute atomic E-state index is 12.6. The molecule has 1 N–H and O–H groups in total. The first-order chi connectivity index (χ1) is 13.4. The topological polar surface area (TPSA) is 77.9 Å². The minimum Gasteiger partial charge on any atom is -0.362 e. The molecule has 0 saturated carbocycles. The lowest BCUT2D eigenvalue weighted by atomic mass is 9.96. The Kier molecular flexibility index (Phi) is 5.07. The summed E-state index contributed by atoms with van der Waals surface area (Å²) in [6, 6.07) is 11.0. The van der Waals surface area contributed by atoms with Gasteiger partial charge in [0.05, 0.1) is 5.69 Å². The fourth-order valence-electron chi connectivity index (χ4n) is 3.93. The number of benzene rings is 1. The van der Waals surface area contributed by atoms with E-state index in [2.05, 4.69) is 25.7 Å². The van der Waals surface area contributed by atoms with Crippen LogP contribution in [-0.4, -0.2) is 51.3 Å². The van der Waals surface area contributed by atoms with Crippen LogP contribution in [0.5, 0.6) is 0 Å². The van der Waals surface area contributed by atoms with Gasteiger partial charge in [-0.1, -0.05) is 18.2 Å². The maximum Gasteiger partial charge on any atom is 0.286 e. The van der Waals surface area contributed by atoms with E-state index >= 15 is 0 Å². The molecule has 0 bridgehead atoms. The third-order valence-corrected chi connectivity index (χ3v) is 6.57. The lowest BCUT2D eigenvalue weighted by molar-refractivity contribution is 0.196. The second kappa shape index (κ2) is 7.52. The summed E-state index contributed by atoms with van der Waals surface area (Å²) in [5.41, 5.74) is 1.79. The number of amidine groups is 1. The van der Waals surface area contributed by atoms with Gasteiger partial charge in [-0.3, -0.25) is 4.90 Å². The monoisotopic (exact) mass is 399 g/mol. The normalized spacial score (nSPS) is 21.4. The summed E-state index contributed by atoms with van der Waals surface area (Å²) in [4.78, 5) is 9.11. The summed E-state index contributed by atoms with van der Waals surface area (Å²) in [5, 5.41) is 3.26. The zero-order chi connectivity index (χ0) is 19.7. The SMILES string of the molecule is CN(C)c1ncccc1CN1CCC[C@@H](C2=NS(=O)(=O)c3ccccc3N2)C1. The quantitative estimate of drug-likeness (QED) is 0.851. The third kappa shape index (κ3) is 3.74. The van der Waals surface area contributed by atoms with Gasteiger partial charge in [0.2, 0.25) is 0 Å². The first-order valence-electron chi connectivity index (χ1n) is 9.48. The van der Waals surface area contributed by atoms with Gasteiger partial charge in [0.25, 0.3) is 10.0 Å². The molecular weight excluding hydrogens is 374 g/mol. The van der Waals surface area contributed by atoms with Crippen LogP contribution in [0.25, 0.3) is 0 Å². The highest BCUT2D eigenvalue weighted by atomic mass is 32.2. The molecule has 0 radical (unpaired) electrons. The van der Waals surface area contributed by atoms with E-state index in [1.807, 2.05) is 31.1 Å². The third-order valence-electron chi connectivity index (χ3n) is 5.22. The molecule has 28 heavy (non-hydrogen) atoms. The summed E-state index contributed by atoms with van der Waals surface area (Å²) in [6.07, 6.45) is 3.74. The Balaban J connectivity index is 1.53. The number of hydrogen-bond acceptors (Lipinski definition) is 6. The van der Waals surface area contributed by atoms with Gasteiger partial charge in [0.1, 0.15) is 16.5 Å². The van der Waals surface area contributed by atoms with Crippen LogP contribution in [0.4, 0.5) is 11.5 Å². The molecule has 148 valence electrons. The molecule has 1 atom stereocenters. The summed E-state index contributed by atoms with van der Waals surface area (Å²) >= 11 is 0. The van der Waals surface area contributed by atoms with Crippen LogP contribution in [0.1, 0.15) is 18.4 Å². The van der Waals surface area contributed by atoms with Gasteiger partial charge in [-0.25, -0.2) is 4.98 Å². The van der Waals surface area contributed by atoms with Crippen LogP contribution < -0.4 is 10.2 Å². The molecule has 2 aromatic rings. The number of nitrogens with zero attached hydrogens (tertiary/aromatic N) is 4. The zero-order valence-electron chi connectivity index (χ0n) is 16.2. The predicted octanol–water partition coefficient (Wildman–Crippen LogP) is 2.57. The van der Waals surface area contributed by atoms with Gasteiger partial charge >= 0.3 is 0 Å². The van der Waals surface area contributed by atoms with E-state index in [-0.39, 0.29) is 10.8 Å². The molecule has 2 aliphatic rings. The smallest absolute Gasteiger partial charge is 0.286 e. The largest absolute Gasteiger partial charge is 0.362 e. The average molecular weight is 400 g/mol. The van der Waals surface area contributed by atoms with Crippen molar-refractivity contribution in [1.29, 1.82) is 0 Å². The highest BCUT2D eigenvalue weighted by molar-refractivity contribution is 7.90. The molecule has 0 unspecified atom stereocenters. The van der Waals surface area contributed by atoms with Crippen molar-refractivity contribution in [3.05, 3.63) is 48.2 Å². The highest BCUT2D eigenvalue weighted by Crippen LogP contribution is 2.30. The molecule has 0 aliphatic carbocycles. The first-order valence-corrected chi connectivity index (χ1v) is 10.9. The molecular formula is C20H25N5O2S. The maximum atomic E-state index is 12.6. The van der Waals surface area contributed by atoms with Crippen LogP contribution in [0, 0.1) is 5.92 Å². The van der Waals surface area contributed by atoms with Crippen molar-refractivity contribution >= 4 is 27.4 Å². The van der Waals surface area contributed by atoms with Crippen molar-refractivity contribution in [2.45, 2.75) is 24.3 Å². The number of para-hydroxylation sites is 1. The Bertz CT molecular complexity index is 1000. The Morgan fingerprint density at radius 2 is 2.04 bits per heavy atom. The minimum atomic E-state index is -3.64. The van der Waals surface area contributed by atoms with Gasteiger partial charge in [-0.2, -0.15) is 8.42 Å². The molecule has 1 fully saturated rings. The summed E-state index contributed by atoms with van der Waals surface area (Å²) in [7, 11) is 0.343. The van der Waals surface area contributed by atoms with E-state index < -0.39 is 10.0 Å². The van der Waals surface area contributed by atoms with Crippen molar-refractivity contribution in [3.63, 3.8) is 0 Å². The molecule has 7 nitrogen and oxygen atoms in total. The van der Waals surface area contributed by atoms with Crippen LogP contribution in [-0.2, 0) is 16.6 Å². The van der Waals surface area contributed by atoms with Crippen molar-refractivity contribution < 1.29 is 8.42 Å². The molecule has 1 aromatic heterocycles. The van der Waals surface area contributed by atoms with Crippen molar-refractivity contribution in [2.75, 3.05) is 37.4 Å². The Labute approximate surface area is 166 Å². The Morgan fingerprint density at radius 1 is 1.21 bits per heavy atom. The molecule has 8 heteroatoms. The minimum absolute atomic E-state index is 0.0661. The van der Waals surface area contributed by atoms with E-state index in [1.165, 1.54) is 5.56 Å². The molecule has 3 heterocycles. The van der Waals surface area contributed by atoms with Crippen molar-refractivity contribution in [3.8, 4) is 0 Å². The lowest BCUT2D eigenvalue weighted by Crippen LogP contribution is -2.41. The van der Waals surface area contributed by atoms with E-state index in [9.17, 15) is 8.42 Å². The van der Waals surface area contributed by atoms with Crippen LogP contribution >= 0.6 is 0 Å². The van der Waals surface area contributed by atoms with E-state index in [0.29, 0.717) is 11.5 Å². The standard InChI is InChI=1S/C20H25N5O2S/c1-24(2)20-16(7-5-11-21-20)14-25-12-6-8-15(13-25)19-22-17-9-3-4-10-18(17)28(26,27)23-19/h3-5,7,9-11,15H,6,8,12-14H2,1-2H3,(H,22,23)/t15-/m1/s1. The average Bonchev–Trinajstić information content (AvgIpc) is 2.68. The summed E-state index contributed by atoms with van der Waals surface area (Å²) < 4.78 is 29.2. The first kappa shape index (κ1) is 18.9. The van der Waals surface area contributed by atoms with Crippen LogP contribution in [0.3, 0.4) is 0 Å². The molecule has 0 amide bonds. The van der Waals surface area contributed by atoms with Gasteiger partial charge in [0.15, 0.2) is 0 Å². The number of sulfonamides is 1. The number of nitrogens with one attached hydrogen (secondary N) is 1. The van der Waals surface area contributed by atoms with Gasteiger partial charge in [0, 0.05) is 44.9 Å². The number of pyridine rings is 1.